The molecule has 0 heterocycles. The zero-order valence-electron chi connectivity index (χ0n) is 20.3. The van der Waals surface area contributed by atoms with Crippen LogP contribution in [0.5, 0.6) is 11.5 Å². The van der Waals surface area contributed by atoms with E-state index in [1.807, 2.05) is 19.9 Å². The Hall–Kier alpha value is -3.23. The molecule has 186 valence electrons. The van der Waals surface area contributed by atoms with Gasteiger partial charge in [-0.1, -0.05) is 35.4 Å². The van der Waals surface area contributed by atoms with E-state index < -0.39 is 28.5 Å². The van der Waals surface area contributed by atoms with Gasteiger partial charge in [-0.05, 0) is 74.4 Å². The van der Waals surface area contributed by atoms with Gasteiger partial charge in [0.25, 0.3) is 10.0 Å². The van der Waals surface area contributed by atoms with Gasteiger partial charge in [0.05, 0.1) is 30.8 Å². The second-order valence-corrected chi connectivity index (χ2v) is 10.5. The van der Waals surface area contributed by atoms with E-state index >= 15 is 0 Å². The zero-order chi connectivity index (χ0) is 25.8. The molecule has 1 amide bonds. The Labute approximate surface area is 211 Å². The maximum atomic E-state index is 13.6. The third-order valence-corrected chi connectivity index (χ3v) is 7.62. The number of hydrogen-bond donors (Lipinski definition) is 1. The molecule has 0 aliphatic rings. The van der Waals surface area contributed by atoms with Crippen molar-refractivity contribution >= 4 is 33.2 Å². The van der Waals surface area contributed by atoms with Gasteiger partial charge < -0.3 is 14.8 Å². The predicted octanol–water partition coefficient (Wildman–Crippen LogP) is 5.05. The first-order valence-corrected chi connectivity index (χ1v) is 12.8. The zero-order valence-corrected chi connectivity index (χ0v) is 21.9. The molecule has 0 bridgehead atoms. The van der Waals surface area contributed by atoms with Gasteiger partial charge in [0.15, 0.2) is 11.5 Å². The lowest BCUT2D eigenvalue weighted by molar-refractivity contribution is -0.120. The van der Waals surface area contributed by atoms with Gasteiger partial charge in [0.2, 0.25) is 5.91 Å². The van der Waals surface area contributed by atoms with E-state index in [1.54, 1.807) is 56.5 Å². The first kappa shape index (κ1) is 26.4. The molecule has 0 radical (unpaired) electrons. The summed E-state index contributed by atoms with van der Waals surface area (Å²) in [6.45, 7) is 5.03. The highest BCUT2D eigenvalue weighted by molar-refractivity contribution is 7.92. The molecule has 1 atom stereocenters. The van der Waals surface area contributed by atoms with E-state index in [0.717, 1.165) is 15.4 Å². The van der Waals surface area contributed by atoms with Crippen LogP contribution in [-0.2, 0) is 14.8 Å². The van der Waals surface area contributed by atoms with Crippen LogP contribution < -0.4 is 19.1 Å². The first-order valence-electron chi connectivity index (χ1n) is 10.9. The molecule has 0 aliphatic carbocycles. The number of anilines is 1. The Bertz CT molecular complexity index is 1310. The molecule has 0 saturated carbocycles. The van der Waals surface area contributed by atoms with Crippen LogP contribution in [0.25, 0.3) is 0 Å². The Morgan fingerprint density at radius 3 is 2.23 bits per heavy atom. The lowest BCUT2D eigenvalue weighted by Gasteiger charge is -2.26. The number of methoxy groups -OCH3 is 2. The van der Waals surface area contributed by atoms with Gasteiger partial charge in [0.1, 0.15) is 6.54 Å². The van der Waals surface area contributed by atoms with Gasteiger partial charge in [0, 0.05) is 5.02 Å². The Balaban J connectivity index is 1.91. The van der Waals surface area contributed by atoms with E-state index in [2.05, 4.69) is 5.32 Å². The number of sulfonamides is 1. The summed E-state index contributed by atoms with van der Waals surface area (Å²) in [5.74, 6) is 0.646. The van der Waals surface area contributed by atoms with Crippen LogP contribution in [0.15, 0.2) is 65.6 Å². The third kappa shape index (κ3) is 6.07. The normalized spacial score (nSPS) is 12.1. The SMILES string of the molecule is COc1ccc([C@H](C)NC(=O)CN(c2ccc(Cl)cc2C)S(=O)(=O)c2ccc(C)cc2)cc1OC. The Morgan fingerprint density at radius 1 is 0.971 bits per heavy atom. The summed E-state index contributed by atoms with van der Waals surface area (Å²) in [5, 5.41) is 3.36. The molecule has 0 unspecified atom stereocenters. The summed E-state index contributed by atoms with van der Waals surface area (Å²) in [6.07, 6.45) is 0. The third-order valence-electron chi connectivity index (χ3n) is 5.61. The molecule has 3 rings (SSSR count). The number of nitrogens with one attached hydrogen (secondary N) is 1. The first-order chi connectivity index (χ1) is 16.6. The summed E-state index contributed by atoms with van der Waals surface area (Å²) in [6, 6.07) is 16.3. The van der Waals surface area contributed by atoms with Crippen LogP contribution in [0.3, 0.4) is 0 Å². The van der Waals surface area contributed by atoms with Crippen LogP contribution >= 0.6 is 11.6 Å². The fraction of sp³-hybridized carbons (Fsp3) is 0.269. The van der Waals surface area contributed by atoms with Crippen LogP contribution in [0.2, 0.25) is 5.02 Å². The molecule has 3 aromatic rings. The minimum Gasteiger partial charge on any atom is -0.493 e. The topological polar surface area (TPSA) is 84.9 Å². The van der Waals surface area contributed by atoms with Crippen molar-refractivity contribution < 1.29 is 22.7 Å². The van der Waals surface area contributed by atoms with Gasteiger partial charge in [-0.15, -0.1) is 0 Å². The molecular weight excluding hydrogens is 488 g/mol. The largest absolute Gasteiger partial charge is 0.493 e. The summed E-state index contributed by atoms with van der Waals surface area (Å²) < 4.78 is 38.9. The maximum absolute atomic E-state index is 13.6. The highest BCUT2D eigenvalue weighted by Crippen LogP contribution is 2.31. The molecular formula is C26H29ClN2O5S. The van der Waals surface area contributed by atoms with Crippen LogP contribution in [0.1, 0.15) is 29.7 Å². The number of benzene rings is 3. The number of rotatable bonds is 9. The van der Waals surface area contributed by atoms with Crippen LogP contribution in [-0.4, -0.2) is 35.1 Å². The Kier molecular flexibility index (Phi) is 8.30. The van der Waals surface area contributed by atoms with Crippen molar-refractivity contribution in [3.63, 3.8) is 0 Å². The second-order valence-electron chi connectivity index (χ2n) is 8.16. The second kappa shape index (κ2) is 11.0. The quantitative estimate of drug-likeness (QED) is 0.430. The summed E-state index contributed by atoms with van der Waals surface area (Å²) >= 11 is 6.09. The number of nitrogens with zero attached hydrogens (tertiary/aromatic N) is 1. The van der Waals surface area contributed by atoms with Crippen molar-refractivity contribution in [2.45, 2.75) is 31.7 Å². The molecule has 0 aromatic heterocycles. The fourth-order valence-electron chi connectivity index (χ4n) is 3.66. The molecule has 3 aromatic carbocycles. The lowest BCUT2D eigenvalue weighted by atomic mass is 10.1. The number of aryl methyl sites for hydroxylation is 2. The maximum Gasteiger partial charge on any atom is 0.264 e. The standard InChI is InChI=1S/C26H29ClN2O5S/c1-17-6-10-22(11-7-17)35(31,32)29(23-12-9-21(27)14-18(23)2)16-26(30)28-19(3)20-8-13-24(33-4)25(15-20)34-5/h6-15,19H,16H2,1-5H3,(H,28,30)/t19-/m0/s1. The molecule has 9 heteroatoms. The van der Waals surface area contributed by atoms with Crippen molar-refractivity contribution in [1.29, 1.82) is 0 Å². The molecule has 0 aliphatic heterocycles. The number of amides is 1. The number of halogens is 1. The van der Waals surface area contributed by atoms with Gasteiger partial charge in [-0.25, -0.2) is 8.42 Å². The van der Waals surface area contributed by atoms with Crippen molar-refractivity contribution in [2.75, 3.05) is 25.1 Å². The molecule has 0 saturated heterocycles. The highest BCUT2D eigenvalue weighted by Gasteiger charge is 2.29. The summed E-state index contributed by atoms with van der Waals surface area (Å²) in [7, 11) is -0.947. The van der Waals surface area contributed by atoms with E-state index in [9.17, 15) is 13.2 Å². The van der Waals surface area contributed by atoms with E-state index in [0.29, 0.717) is 27.8 Å². The van der Waals surface area contributed by atoms with Crippen molar-refractivity contribution in [3.8, 4) is 11.5 Å². The average Bonchev–Trinajstić information content (AvgIpc) is 2.82. The predicted molar refractivity (Wildman–Crippen MR) is 138 cm³/mol. The fourth-order valence-corrected chi connectivity index (χ4v) is 5.37. The van der Waals surface area contributed by atoms with Crippen molar-refractivity contribution in [3.05, 3.63) is 82.4 Å². The molecule has 7 nitrogen and oxygen atoms in total. The van der Waals surface area contributed by atoms with Crippen LogP contribution in [0, 0.1) is 13.8 Å². The van der Waals surface area contributed by atoms with Crippen LogP contribution in [0.4, 0.5) is 5.69 Å². The van der Waals surface area contributed by atoms with Gasteiger partial charge in [-0.2, -0.15) is 0 Å². The Morgan fingerprint density at radius 2 is 1.63 bits per heavy atom. The average molecular weight is 517 g/mol. The lowest BCUT2D eigenvalue weighted by Crippen LogP contribution is -2.41. The van der Waals surface area contributed by atoms with Crippen molar-refractivity contribution in [1.82, 2.24) is 5.32 Å². The van der Waals surface area contributed by atoms with E-state index in [4.69, 9.17) is 21.1 Å². The summed E-state index contributed by atoms with van der Waals surface area (Å²) in [5.41, 5.74) is 2.73. The summed E-state index contributed by atoms with van der Waals surface area (Å²) in [4.78, 5) is 13.2. The monoisotopic (exact) mass is 516 g/mol. The molecule has 0 fully saturated rings. The molecule has 35 heavy (non-hydrogen) atoms. The number of ether oxygens (including phenoxy) is 2. The van der Waals surface area contributed by atoms with E-state index in [-0.39, 0.29) is 4.90 Å². The van der Waals surface area contributed by atoms with Gasteiger partial charge >= 0.3 is 0 Å². The molecule has 0 spiro atoms. The number of hydrogen-bond acceptors (Lipinski definition) is 5. The minimum atomic E-state index is -4.03. The highest BCUT2D eigenvalue weighted by atomic mass is 35.5. The molecule has 1 N–H and O–H groups in total. The number of carbonyl (C=O) groups is 1. The minimum absolute atomic E-state index is 0.0955. The van der Waals surface area contributed by atoms with Crippen molar-refractivity contribution in [2.24, 2.45) is 0 Å². The van der Waals surface area contributed by atoms with E-state index in [1.165, 1.54) is 19.2 Å². The smallest absolute Gasteiger partial charge is 0.264 e. The van der Waals surface area contributed by atoms with Gasteiger partial charge in [-0.3, -0.25) is 9.10 Å². The number of carbonyl (C=O) groups excluding carboxylic acids is 1.